The number of nitro benzene ring substituents is 1. The van der Waals surface area contributed by atoms with Gasteiger partial charge in [0.1, 0.15) is 0 Å². The molecule has 1 heterocycles. The van der Waals surface area contributed by atoms with Gasteiger partial charge in [-0.15, -0.1) is 0 Å². The van der Waals surface area contributed by atoms with E-state index in [9.17, 15) is 10.1 Å². The van der Waals surface area contributed by atoms with Gasteiger partial charge in [0, 0.05) is 29.7 Å². The summed E-state index contributed by atoms with van der Waals surface area (Å²) in [6.45, 7) is 6.30. The normalized spacial score (nSPS) is 18.5. The Hall–Kier alpha value is -1.14. The summed E-state index contributed by atoms with van der Waals surface area (Å²) in [7, 11) is 0. The first-order valence-corrected chi connectivity index (χ1v) is 8.30. The van der Waals surface area contributed by atoms with Crippen LogP contribution in [-0.2, 0) is 0 Å². The summed E-state index contributed by atoms with van der Waals surface area (Å²) in [5.41, 5.74) is 1.18. The van der Waals surface area contributed by atoms with Crippen LogP contribution < -0.4 is 10.2 Å². The first-order chi connectivity index (χ1) is 10.1. The van der Waals surface area contributed by atoms with E-state index in [1.165, 1.54) is 12.8 Å². The number of piperidine rings is 1. The number of non-ortho nitro benzene ring substituents is 1. The molecule has 1 aromatic carbocycles. The Labute approximate surface area is 134 Å². The Bertz CT molecular complexity index is 490. The standard InChI is InChI=1S/C15H22BrN3O2/c1-2-8-18(11-12-4-3-7-17-10-12)15-6-5-13(19(20)21)9-14(15)16/h5-6,9,12,17H,2-4,7-8,10-11H2,1H3. The van der Waals surface area contributed by atoms with Gasteiger partial charge in [-0.3, -0.25) is 10.1 Å². The van der Waals surface area contributed by atoms with Gasteiger partial charge in [-0.1, -0.05) is 6.92 Å². The molecule has 0 aliphatic carbocycles. The summed E-state index contributed by atoms with van der Waals surface area (Å²) in [6, 6.07) is 5.03. The number of benzene rings is 1. The number of rotatable bonds is 6. The zero-order valence-electron chi connectivity index (χ0n) is 12.3. The summed E-state index contributed by atoms with van der Waals surface area (Å²) in [5, 5.41) is 14.3. The molecule has 0 amide bonds. The Kier molecular flexibility index (Phi) is 5.99. The van der Waals surface area contributed by atoms with E-state index in [4.69, 9.17) is 0 Å². The maximum absolute atomic E-state index is 10.8. The highest BCUT2D eigenvalue weighted by Gasteiger charge is 2.19. The monoisotopic (exact) mass is 355 g/mol. The van der Waals surface area contributed by atoms with Crippen molar-refractivity contribution >= 4 is 27.3 Å². The molecular formula is C15H22BrN3O2. The first kappa shape index (κ1) is 16.2. The molecule has 5 nitrogen and oxygen atoms in total. The third-order valence-electron chi connectivity index (χ3n) is 3.85. The third-order valence-corrected chi connectivity index (χ3v) is 4.49. The summed E-state index contributed by atoms with van der Waals surface area (Å²) in [4.78, 5) is 12.8. The summed E-state index contributed by atoms with van der Waals surface area (Å²) in [6.07, 6.45) is 3.54. The summed E-state index contributed by atoms with van der Waals surface area (Å²) in [5.74, 6) is 0.646. The second kappa shape index (κ2) is 7.75. The molecule has 1 saturated heterocycles. The molecule has 0 saturated carbocycles. The topological polar surface area (TPSA) is 58.4 Å². The van der Waals surface area contributed by atoms with E-state index >= 15 is 0 Å². The largest absolute Gasteiger partial charge is 0.370 e. The zero-order chi connectivity index (χ0) is 15.2. The fraction of sp³-hybridized carbons (Fsp3) is 0.600. The van der Waals surface area contributed by atoms with Crippen molar-refractivity contribution in [2.75, 3.05) is 31.1 Å². The average Bonchev–Trinajstić information content (AvgIpc) is 2.48. The predicted octanol–water partition coefficient (Wildman–Crippen LogP) is 3.57. The van der Waals surface area contributed by atoms with Crippen LogP contribution in [0.15, 0.2) is 22.7 Å². The molecule has 0 aromatic heterocycles. The van der Waals surface area contributed by atoms with Gasteiger partial charge >= 0.3 is 0 Å². The highest BCUT2D eigenvalue weighted by Crippen LogP contribution is 2.31. The summed E-state index contributed by atoms with van der Waals surface area (Å²) < 4.78 is 0.800. The van der Waals surface area contributed by atoms with Crippen molar-refractivity contribution in [2.24, 2.45) is 5.92 Å². The van der Waals surface area contributed by atoms with Gasteiger partial charge in [-0.2, -0.15) is 0 Å². The van der Waals surface area contributed by atoms with Gasteiger partial charge in [-0.05, 0) is 60.3 Å². The second-order valence-corrected chi connectivity index (χ2v) is 6.41. The van der Waals surface area contributed by atoms with E-state index in [1.807, 2.05) is 6.07 Å². The molecule has 1 atom stereocenters. The first-order valence-electron chi connectivity index (χ1n) is 7.51. The molecule has 0 radical (unpaired) electrons. The lowest BCUT2D eigenvalue weighted by Gasteiger charge is -2.32. The van der Waals surface area contributed by atoms with E-state index in [1.54, 1.807) is 12.1 Å². The fourth-order valence-corrected chi connectivity index (χ4v) is 3.45. The molecule has 1 aliphatic heterocycles. The number of nitro groups is 1. The molecule has 2 rings (SSSR count). The van der Waals surface area contributed by atoms with Gasteiger partial charge in [-0.25, -0.2) is 0 Å². The number of nitrogens with one attached hydrogen (secondary N) is 1. The summed E-state index contributed by atoms with van der Waals surface area (Å²) >= 11 is 3.49. The minimum Gasteiger partial charge on any atom is -0.370 e. The van der Waals surface area contributed by atoms with Crippen molar-refractivity contribution in [1.82, 2.24) is 5.32 Å². The highest BCUT2D eigenvalue weighted by atomic mass is 79.9. The van der Waals surface area contributed by atoms with Crippen LogP contribution in [0.2, 0.25) is 0 Å². The van der Waals surface area contributed by atoms with Gasteiger partial charge in [0.25, 0.3) is 5.69 Å². The molecule has 21 heavy (non-hydrogen) atoms. The van der Waals surface area contributed by atoms with E-state index < -0.39 is 0 Å². The quantitative estimate of drug-likeness (QED) is 0.625. The average molecular weight is 356 g/mol. The highest BCUT2D eigenvalue weighted by molar-refractivity contribution is 9.10. The van der Waals surface area contributed by atoms with Crippen LogP contribution >= 0.6 is 15.9 Å². The molecule has 1 aromatic rings. The van der Waals surface area contributed by atoms with Crippen molar-refractivity contribution < 1.29 is 4.92 Å². The molecule has 1 N–H and O–H groups in total. The molecular weight excluding hydrogens is 334 g/mol. The fourth-order valence-electron chi connectivity index (χ4n) is 2.84. The smallest absolute Gasteiger partial charge is 0.270 e. The van der Waals surface area contributed by atoms with Crippen LogP contribution in [0.5, 0.6) is 0 Å². The lowest BCUT2D eigenvalue weighted by Crippen LogP contribution is -2.38. The van der Waals surface area contributed by atoms with E-state index in [0.717, 1.165) is 42.8 Å². The number of hydrogen-bond acceptors (Lipinski definition) is 4. The molecule has 0 spiro atoms. The van der Waals surface area contributed by atoms with Crippen molar-refractivity contribution in [1.29, 1.82) is 0 Å². The van der Waals surface area contributed by atoms with Crippen molar-refractivity contribution in [3.8, 4) is 0 Å². The molecule has 6 heteroatoms. The second-order valence-electron chi connectivity index (χ2n) is 5.55. The van der Waals surface area contributed by atoms with Crippen LogP contribution in [0.1, 0.15) is 26.2 Å². The maximum Gasteiger partial charge on any atom is 0.270 e. The van der Waals surface area contributed by atoms with Gasteiger partial charge in [0.2, 0.25) is 0 Å². The lowest BCUT2D eigenvalue weighted by atomic mass is 9.98. The number of anilines is 1. The van der Waals surface area contributed by atoms with Crippen molar-refractivity contribution in [3.63, 3.8) is 0 Å². The van der Waals surface area contributed by atoms with Crippen LogP contribution in [0, 0.1) is 16.0 Å². The molecule has 1 aliphatic rings. The Balaban J connectivity index is 2.14. The van der Waals surface area contributed by atoms with E-state index in [-0.39, 0.29) is 10.6 Å². The van der Waals surface area contributed by atoms with E-state index in [0.29, 0.717) is 5.92 Å². The van der Waals surface area contributed by atoms with Gasteiger partial charge in [0.05, 0.1) is 10.6 Å². The predicted molar refractivity (Wildman–Crippen MR) is 88.9 cm³/mol. The Morgan fingerprint density at radius 2 is 2.33 bits per heavy atom. The molecule has 1 fully saturated rings. The SMILES string of the molecule is CCCN(CC1CCCNC1)c1ccc([N+](=O)[O-])cc1Br. The van der Waals surface area contributed by atoms with Crippen molar-refractivity contribution in [2.45, 2.75) is 26.2 Å². The Morgan fingerprint density at radius 1 is 1.52 bits per heavy atom. The minimum absolute atomic E-state index is 0.126. The maximum atomic E-state index is 10.8. The molecule has 0 bridgehead atoms. The number of hydrogen-bond donors (Lipinski definition) is 1. The van der Waals surface area contributed by atoms with Crippen LogP contribution in [0.3, 0.4) is 0 Å². The minimum atomic E-state index is -0.357. The van der Waals surface area contributed by atoms with Crippen molar-refractivity contribution in [3.05, 3.63) is 32.8 Å². The van der Waals surface area contributed by atoms with Gasteiger partial charge < -0.3 is 10.2 Å². The van der Waals surface area contributed by atoms with Crippen LogP contribution in [-0.4, -0.2) is 31.1 Å². The molecule has 1 unspecified atom stereocenters. The van der Waals surface area contributed by atoms with Crippen LogP contribution in [0.4, 0.5) is 11.4 Å². The van der Waals surface area contributed by atoms with Gasteiger partial charge in [0.15, 0.2) is 0 Å². The lowest BCUT2D eigenvalue weighted by molar-refractivity contribution is -0.384. The third kappa shape index (κ3) is 4.41. The zero-order valence-corrected chi connectivity index (χ0v) is 13.9. The Morgan fingerprint density at radius 3 is 2.90 bits per heavy atom. The number of halogens is 1. The molecule has 116 valence electrons. The number of nitrogens with zero attached hydrogens (tertiary/aromatic N) is 2. The van der Waals surface area contributed by atoms with E-state index in [2.05, 4.69) is 33.1 Å². The van der Waals surface area contributed by atoms with Crippen LogP contribution in [0.25, 0.3) is 0 Å².